The van der Waals surface area contributed by atoms with E-state index in [0.717, 1.165) is 10.4 Å². The van der Waals surface area contributed by atoms with E-state index in [1.165, 1.54) is 11.3 Å². The number of halogens is 2. The lowest BCUT2D eigenvalue weighted by atomic mass is 10.1. The van der Waals surface area contributed by atoms with Gasteiger partial charge >= 0.3 is 5.97 Å². The number of thiophene rings is 1. The third-order valence-electron chi connectivity index (χ3n) is 4.13. The van der Waals surface area contributed by atoms with Crippen LogP contribution in [0, 0.1) is 13.8 Å². The fourth-order valence-corrected chi connectivity index (χ4v) is 3.93. The van der Waals surface area contributed by atoms with Gasteiger partial charge in [-0.3, -0.25) is 4.79 Å². The molecule has 3 rings (SSSR count). The Kier molecular flexibility index (Phi) is 6.13. The van der Waals surface area contributed by atoms with Crippen molar-refractivity contribution in [3.63, 3.8) is 0 Å². The van der Waals surface area contributed by atoms with Gasteiger partial charge in [-0.2, -0.15) is 0 Å². The van der Waals surface area contributed by atoms with E-state index in [2.05, 4.69) is 5.32 Å². The quantitative estimate of drug-likeness (QED) is 0.471. The highest BCUT2D eigenvalue weighted by atomic mass is 35.5. The molecule has 0 aliphatic heterocycles. The first-order chi connectivity index (χ1) is 13.3. The first kappa shape index (κ1) is 20.5. The van der Waals surface area contributed by atoms with Crippen LogP contribution in [0.15, 0.2) is 34.7 Å². The summed E-state index contributed by atoms with van der Waals surface area (Å²) in [5, 5.41) is 4.02. The average molecular weight is 438 g/mol. The van der Waals surface area contributed by atoms with E-state index < -0.39 is 11.9 Å². The number of esters is 1. The number of rotatable bonds is 5. The van der Waals surface area contributed by atoms with Crippen LogP contribution < -0.4 is 5.32 Å². The molecule has 0 atom stereocenters. The molecule has 1 N–H and O–H groups in total. The standard InChI is InChI=1S/C20H17Cl2NO4S/c1-4-26-20(25)17-10(2)11(3)28-19(17)23-18(24)16-8-7-15(27-16)12-5-6-13(21)14(22)9-12/h5-9H,4H2,1-3H3,(H,23,24). The van der Waals surface area contributed by atoms with Crippen molar-refractivity contribution in [2.75, 3.05) is 11.9 Å². The summed E-state index contributed by atoms with van der Waals surface area (Å²) in [6, 6.07) is 8.30. The maximum atomic E-state index is 12.6. The number of nitrogens with one attached hydrogen (secondary N) is 1. The van der Waals surface area contributed by atoms with Crippen LogP contribution in [0.5, 0.6) is 0 Å². The van der Waals surface area contributed by atoms with Crippen molar-refractivity contribution >= 4 is 51.4 Å². The molecule has 146 valence electrons. The van der Waals surface area contributed by atoms with Crippen molar-refractivity contribution in [3.05, 3.63) is 62.1 Å². The Labute approximate surface area is 176 Å². The molecule has 1 amide bonds. The molecule has 28 heavy (non-hydrogen) atoms. The Hall–Kier alpha value is -2.28. The average Bonchev–Trinajstić information content (AvgIpc) is 3.23. The highest BCUT2D eigenvalue weighted by Crippen LogP contribution is 2.34. The molecule has 0 saturated heterocycles. The summed E-state index contributed by atoms with van der Waals surface area (Å²) < 4.78 is 10.8. The maximum absolute atomic E-state index is 12.6. The molecule has 0 bridgehead atoms. The van der Waals surface area contributed by atoms with Crippen LogP contribution in [0.4, 0.5) is 5.00 Å². The molecule has 0 aliphatic rings. The summed E-state index contributed by atoms with van der Waals surface area (Å²) >= 11 is 13.3. The van der Waals surface area contributed by atoms with E-state index >= 15 is 0 Å². The Morgan fingerprint density at radius 2 is 1.89 bits per heavy atom. The van der Waals surface area contributed by atoms with Crippen LogP contribution in [0.2, 0.25) is 10.0 Å². The van der Waals surface area contributed by atoms with Crippen LogP contribution in [0.25, 0.3) is 11.3 Å². The number of aryl methyl sites for hydroxylation is 1. The lowest BCUT2D eigenvalue weighted by Crippen LogP contribution is -2.14. The van der Waals surface area contributed by atoms with Crippen LogP contribution in [-0.4, -0.2) is 18.5 Å². The molecular formula is C20H17Cl2NO4S. The van der Waals surface area contributed by atoms with Crippen LogP contribution in [0.1, 0.15) is 38.3 Å². The fourth-order valence-electron chi connectivity index (χ4n) is 2.59. The molecule has 2 aromatic heterocycles. The molecule has 0 aliphatic carbocycles. The van der Waals surface area contributed by atoms with Crippen molar-refractivity contribution in [2.45, 2.75) is 20.8 Å². The Bertz CT molecular complexity index is 1050. The van der Waals surface area contributed by atoms with E-state index in [1.54, 1.807) is 37.3 Å². The zero-order chi connectivity index (χ0) is 20.4. The molecule has 5 nitrogen and oxygen atoms in total. The number of amides is 1. The second kappa shape index (κ2) is 8.39. The van der Waals surface area contributed by atoms with Crippen molar-refractivity contribution in [3.8, 4) is 11.3 Å². The molecule has 0 spiro atoms. The first-order valence-corrected chi connectivity index (χ1v) is 10.0. The minimum absolute atomic E-state index is 0.111. The summed E-state index contributed by atoms with van der Waals surface area (Å²) in [5.41, 5.74) is 1.85. The van der Waals surface area contributed by atoms with Gasteiger partial charge in [-0.1, -0.05) is 23.2 Å². The van der Waals surface area contributed by atoms with Gasteiger partial charge in [0.1, 0.15) is 10.8 Å². The number of carbonyl (C=O) groups excluding carboxylic acids is 2. The SMILES string of the molecule is CCOC(=O)c1c(NC(=O)c2ccc(-c3ccc(Cl)c(Cl)c3)o2)sc(C)c1C. The minimum atomic E-state index is -0.462. The molecule has 1 aromatic carbocycles. The monoisotopic (exact) mass is 437 g/mol. The third-order valence-corrected chi connectivity index (χ3v) is 5.99. The lowest BCUT2D eigenvalue weighted by molar-refractivity contribution is 0.0527. The van der Waals surface area contributed by atoms with Crippen LogP contribution in [-0.2, 0) is 4.74 Å². The van der Waals surface area contributed by atoms with Gasteiger partial charge in [0.05, 0.1) is 22.2 Å². The molecule has 0 unspecified atom stereocenters. The number of anilines is 1. The van der Waals surface area contributed by atoms with Gasteiger partial charge in [-0.25, -0.2) is 4.79 Å². The molecule has 8 heteroatoms. The molecule has 0 radical (unpaired) electrons. The predicted molar refractivity (Wildman–Crippen MR) is 112 cm³/mol. The molecule has 2 heterocycles. The Morgan fingerprint density at radius 3 is 2.57 bits per heavy atom. The van der Waals surface area contributed by atoms with Gasteiger partial charge in [-0.15, -0.1) is 11.3 Å². The number of carbonyl (C=O) groups is 2. The van der Waals surface area contributed by atoms with Crippen LogP contribution in [0.3, 0.4) is 0 Å². The predicted octanol–water partition coefficient (Wildman–Crippen LogP) is 6.36. The van der Waals surface area contributed by atoms with Crippen molar-refractivity contribution in [1.29, 1.82) is 0 Å². The van der Waals surface area contributed by atoms with Gasteiger partial charge < -0.3 is 14.5 Å². The van der Waals surface area contributed by atoms with E-state index in [9.17, 15) is 9.59 Å². The van der Waals surface area contributed by atoms with E-state index in [1.807, 2.05) is 13.8 Å². The zero-order valence-electron chi connectivity index (χ0n) is 15.4. The highest BCUT2D eigenvalue weighted by molar-refractivity contribution is 7.16. The number of hydrogen-bond acceptors (Lipinski definition) is 5. The number of ether oxygens (including phenoxy) is 1. The third kappa shape index (κ3) is 4.09. The molecular weight excluding hydrogens is 421 g/mol. The Morgan fingerprint density at radius 1 is 1.14 bits per heavy atom. The highest BCUT2D eigenvalue weighted by Gasteiger charge is 2.23. The van der Waals surface area contributed by atoms with Gasteiger partial charge in [0.15, 0.2) is 5.76 Å². The summed E-state index contributed by atoms with van der Waals surface area (Å²) in [5.74, 6) is -0.332. The second-order valence-corrected chi connectivity index (χ2v) is 7.99. The fraction of sp³-hybridized carbons (Fsp3) is 0.200. The minimum Gasteiger partial charge on any atom is -0.462 e. The number of benzene rings is 1. The second-order valence-electron chi connectivity index (χ2n) is 5.95. The molecule has 3 aromatic rings. The number of hydrogen-bond donors (Lipinski definition) is 1. The van der Waals surface area contributed by atoms with Gasteiger partial charge in [0.2, 0.25) is 0 Å². The normalized spacial score (nSPS) is 10.8. The number of furan rings is 1. The summed E-state index contributed by atoms with van der Waals surface area (Å²) in [6.45, 7) is 5.69. The van der Waals surface area contributed by atoms with Crippen LogP contribution >= 0.6 is 34.5 Å². The maximum Gasteiger partial charge on any atom is 0.341 e. The van der Waals surface area contributed by atoms with E-state index in [4.69, 9.17) is 32.4 Å². The first-order valence-electron chi connectivity index (χ1n) is 8.45. The largest absolute Gasteiger partial charge is 0.462 e. The van der Waals surface area contributed by atoms with Crippen molar-refractivity contribution in [1.82, 2.24) is 0 Å². The topological polar surface area (TPSA) is 68.5 Å². The Balaban J connectivity index is 1.85. The molecule has 0 fully saturated rings. The van der Waals surface area contributed by atoms with Crippen molar-refractivity contribution in [2.24, 2.45) is 0 Å². The lowest BCUT2D eigenvalue weighted by Gasteiger charge is -2.06. The molecule has 0 saturated carbocycles. The summed E-state index contributed by atoms with van der Waals surface area (Å²) in [7, 11) is 0. The zero-order valence-corrected chi connectivity index (χ0v) is 17.7. The van der Waals surface area contributed by atoms with E-state index in [0.29, 0.717) is 31.9 Å². The van der Waals surface area contributed by atoms with Gasteiger partial charge in [0, 0.05) is 10.4 Å². The van der Waals surface area contributed by atoms with Crippen molar-refractivity contribution < 1.29 is 18.7 Å². The summed E-state index contributed by atoms with van der Waals surface area (Å²) in [6.07, 6.45) is 0. The summed E-state index contributed by atoms with van der Waals surface area (Å²) in [4.78, 5) is 25.8. The van der Waals surface area contributed by atoms with Gasteiger partial charge in [0.25, 0.3) is 5.91 Å². The van der Waals surface area contributed by atoms with Gasteiger partial charge in [-0.05, 0) is 56.7 Å². The van der Waals surface area contributed by atoms with E-state index in [-0.39, 0.29) is 12.4 Å². The smallest absolute Gasteiger partial charge is 0.341 e.